The van der Waals surface area contributed by atoms with Crippen molar-refractivity contribution in [2.24, 2.45) is 11.3 Å². The number of carbonyl (C=O) groups is 2. The largest absolute Gasteiger partial charge is 0.481 e. The van der Waals surface area contributed by atoms with Gasteiger partial charge in [-0.25, -0.2) is 0 Å². The van der Waals surface area contributed by atoms with Gasteiger partial charge in [-0.15, -0.1) is 0 Å². The van der Waals surface area contributed by atoms with E-state index in [0.717, 1.165) is 19.3 Å². The molecule has 2 aliphatic carbocycles. The maximum absolute atomic E-state index is 11.8. The number of hydrogen-bond donors (Lipinski definition) is 2. The molecule has 4 nitrogen and oxygen atoms in total. The maximum atomic E-state index is 11.8. The van der Waals surface area contributed by atoms with E-state index in [9.17, 15) is 14.7 Å². The van der Waals surface area contributed by atoms with Gasteiger partial charge in [0.1, 0.15) is 0 Å². The standard InChI is InChI=1S/C15H25NO3/c17-13(8-7-12-5-1-2-6-12)16-11-15(14(18)19)9-3-4-10-15/h12H,1-11H2,(H,16,17)(H,18,19). The quantitative estimate of drug-likeness (QED) is 0.777. The number of carboxylic acid groups (broad SMARTS) is 1. The van der Waals surface area contributed by atoms with Crippen LogP contribution in [0.15, 0.2) is 0 Å². The van der Waals surface area contributed by atoms with E-state index >= 15 is 0 Å². The molecule has 0 atom stereocenters. The van der Waals surface area contributed by atoms with E-state index in [1.54, 1.807) is 0 Å². The van der Waals surface area contributed by atoms with Crippen molar-refractivity contribution in [3.63, 3.8) is 0 Å². The number of amides is 1. The highest BCUT2D eigenvalue weighted by molar-refractivity contribution is 5.79. The first-order valence-corrected chi connectivity index (χ1v) is 7.62. The smallest absolute Gasteiger partial charge is 0.311 e. The van der Waals surface area contributed by atoms with Gasteiger partial charge in [-0.3, -0.25) is 9.59 Å². The van der Waals surface area contributed by atoms with Gasteiger partial charge in [-0.2, -0.15) is 0 Å². The molecule has 2 N–H and O–H groups in total. The Hall–Kier alpha value is -1.06. The Morgan fingerprint density at radius 2 is 1.74 bits per heavy atom. The summed E-state index contributed by atoms with van der Waals surface area (Å²) in [6.07, 6.45) is 9.96. The number of carboxylic acids is 1. The van der Waals surface area contributed by atoms with Crippen LogP contribution >= 0.6 is 0 Å². The van der Waals surface area contributed by atoms with Crippen LogP contribution in [-0.4, -0.2) is 23.5 Å². The van der Waals surface area contributed by atoms with Crippen molar-refractivity contribution in [3.8, 4) is 0 Å². The number of carbonyl (C=O) groups excluding carboxylic acids is 1. The Bertz CT molecular complexity index is 328. The normalized spacial score (nSPS) is 22.5. The Morgan fingerprint density at radius 3 is 2.32 bits per heavy atom. The lowest BCUT2D eigenvalue weighted by atomic mass is 9.86. The Morgan fingerprint density at radius 1 is 1.11 bits per heavy atom. The van der Waals surface area contributed by atoms with Crippen LogP contribution in [0.4, 0.5) is 0 Å². The van der Waals surface area contributed by atoms with E-state index in [-0.39, 0.29) is 5.91 Å². The minimum atomic E-state index is -0.749. The van der Waals surface area contributed by atoms with Crippen LogP contribution in [0.5, 0.6) is 0 Å². The van der Waals surface area contributed by atoms with Gasteiger partial charge >= 0.3 is 5.97 Å². The van der Waals surface area contributed by atoms with E-state index in [2.05, 4.69) is 5.32 Å². The molecule has 0 aromatic carbocycles. The molecule has 0 bridgehead atoms. The molecule has 2 aliphatic rings. The van der Waals surface area contributed by atoms with Gasteiger partial charge in [0.25, 0.3) is 0 Å². The first kappa shape index (κ1) is 14.4. The average Bonchev–Trinajstić information content (AvgIpc) is 3.05. The molecule has 0 saturated heterocycles. The van der Waals surface area contributed by atoms with Crippen molar-refractivity contribution >= 4 is 11.9 Å². The van der Waals surface area contributed by atoms with Crippen molar-refractivity contribution in [1.82, 2.24) is 5.32 Å². The third kappa shape index (κ3) is 3.71. The number of nitrogens with one attached hydrogen (secondary N) is 1. The van der Waals surface area contributed by atoms with Gasteiger partial charge in [0.2, 0.25) is 5.91 Å². The highest BCUT2D eigenvalue weighted by Crippen LogP contribution is 2.37. The summed E-state index contributed by atoms with van der Waals surface area (Å²) in [5, 5.41) is 12.2. The van der Waals surface area contributed by atoms with Crippen LogP contribution in [0.25, 0.3) is 0 Å². The summed E-state index contributed by atoms with van der Waals surface area (Å²) in [5.74, 6) is -0.00816. The second-order valence-corrected chi connectivity index (χ2v) is 6.26. The first-order valence-electron chi connectivity index (χ1n) is 7.62. The molecule has 2 rings (SSSR count). The summed E-state index contributed by atoms with van der Waals surface area (Å²) >= 11 is 0. The van der Waals surface area contributed by atoms with Gasteiger partial charge in [-0.1, -0.05) is 38.5 Å². The van der Waals surface area contributed by atoms with E-state index in [1.807, 2.05) is 0 Å². The molecule has 4 heteroatoms. The molecule has 2 saturated carbocycles. The Labute approximate surface area is 115 Å². The van der Waals surface area contributed by atoms with E-state index in [0.29, 0.717) is 31.7 Å². The molecule has 0 unspecified atom stereocenters. The second-order valence-electron chi connectivity index (χ2n) is 6.26. The minimum Gasteiger partial charge on any atom is -0.481 e. The van der Waals surface area contributed by atoms with E-state index in [1.165, 1.54) is 25.7 Å². The topological polar surface area (TPSA) is 66.4 Å². The summed E-state index contributed by atoms with van der Waals surface area (Å²) in [6.45, 7) is 0.311. The molecule has 1 amide bonds. The zero-order valence-electron chi connectivity index (χ0n) is 11.6. The average molecular weight is 267 g/mol. The predicted octanol–water partition coefficient (Wildman–Crippen LogP) is 2.72. The summed E-state index contributed by atoms with van der Waals surface area (Å²) in [7, 11) is 0. The van der Waals surface area contributed by atoms with Gasteiger partial charge < -0.3 is 10.4 Å². The molecule has 0 radical (unpaired) electrons. The Kier molecular flexibility index (Phi) is 4.83. The fourth-order valence-electron chi connectivity index (χ4n) is 3.51. The van der Waals surface area contributed by atoms with Crippen molar-refractivity contribution in [1.29, 1.82) is 0 Å². The maximum Gasteiger partial charge on any atom is 0.311 e. The highest BCUT2D eigenvalue weighted by Gasteiger charge is 2.41. The fourth-order valence-corrected chi connectivity index (χ4v) is 3.51. The molecule has 19 heavy (non-hydrogen) atoms. The lowest BCUT2D eigenvalue weighted by Crippen LogP contribution is -2.41. The highest BCUT2D eigenvalue weighted by atomic mass is 16.4. The lowest BCUT2D eigenvalue weighted by molar-refractivity contribution is -0.148. The van der Waals surface area contributed by atoms with Crippen LogP contribution in [-0.2, 0) is 9.59 Å². The van der Waals surface area contributed by atoms with Crippen LogP contribution < -0.4 is 5.32 Å². The monoisotopic (exact) mass is 267 g/mol. The summed E-state index contributed by atoms with van der Waals surface area (Å²) in [6, 6.07) is 0. The molecule has 0 spiro atoms. The molecule has 0 aromatic heterocycles. The third-order valence-electron chi connectivity index (χ3n) is 4.89. The number of rotatable bonds is 6. The molecule has 0 aliphatic heterocycles. The Balaban J connectivity index is 1.71. The van der Waals surface area contributed by atoms with Crippen molar-refractivity contribution in [3.05, 3.63) is 0 Å². The fraction of sp³-hybridized carbons (Fsp3) is 0.867. The third-order valence-corrected chi connectivity index (χ3v) is 4.89. The van der Waals surface area contributed by atoms with Crippen molar-refractivity contribution in [2.45, 2.75) is 64.2 Å². The second kappa shape index (κ2) is 6.40. The zero-order chi connectivity index (χ0) is 13.7. The molecule has 0 aromatic rings. The van der Waals surface area contributed by atoms with Crippen LogP contribution in [0, 0.1) is 11.3 Å². The van der Waals surface area contributed by atoms with Crippen LogP contribution in [0.3, 0.4) is 0 Å². The lowest BCUT2D eigenvalue weighted by Gasteiger charge is -2.24. The van der Waals surface area contributed by atoms with Crippen molar-refractivity contribution < 1.29 is 14.7 Å². The van der Waals surface area contributed by atoms with Crippen molar-refractivity contribution in [2.75, 3.05) is 6.54 Å². The SMILES string of the molecule is O=C(CCC1CCCC1)NCC1(C(=O)O)CCCC1. The van der Waals surface area contributed by atoms with Crippen LogP contribution in [0.1, 0.15) is 64.2 Å². The van der Waals surface area contributed by atoms with Crippen LogP contribution in [0.2, 0.25) is 0 Å². The van der Waals surface area contributed by atoms with Gasteiger partial charge in [0.05, 0.1) is 5.41 Å². The van der Waals surface area contributed by atoms with Gasteiger partial charge in [0, 0.05) is 13.0 Å². The molecule has 2 fully saturated rings. The summed E-state index contributed by atoms with van der Waals surface area (Å²) < 4.78 is 0. The van der Waals surface area contributed by atoms with E-state index in [4.69, 9.17) is 0 Å². The molecular weight excluding hydrogens is 242 g/mol. The molecule has 0 heterocycles. The predicted molar refractivity (Wildman–Crippen MR) is 72.7 cm³/mol. The van der Waals surface area contributed by atoms with Gasteiger partial charge in [-0.05, 0) is 25.2 Å². The number of hydrogen-bond acceptors (Lipinski definition) is 2. The molecular formula is C15H25NO3. The summed E-state index contributed by atoms with van der Waals surface area (Å²) in [4.78, 5) is 23.2. The first-order chi connectivity index (χ1) is 9.12. The number of aliphatic carboxylic acids is 1. The van der Waals surface area contributed by atoms with Gasteiger partial charge in [0.15, 0.2) is 0 Å². The van der Waals surface area contributed by atoms with E-state index < -0.39 is 11.4 Å². The zero-order valence-corrected chi connectivity index (χ0v) is 11.6. The molecule has 108 valence electrons. The summed E-state index contributed by atoms with van der Waals surface area (Å²) in [5.41, 5.74) is -0.691. The minimum absolute atomic E-state index is 0.0272.